The highest BCUT2D eigenvalue weighted by atomic mass is 35.5. The van der Waals surface area contributed by atoms with Gasteiger partial charge in [0.1, 0.15) is 23.1 Å². The van der Waals surface area contributed by atoms with Crippen molar-refractivity contribution in [2.45, 2.75) is 20.0 Å². The summed E-state index contributed by atoms with van der Waals surface area (Å²) in [7, 11) is 1.64. The summed E-state index contributed by atoms with van der Waals surface area (Å²) in [5.41, 5.74) is 2.35. The summed E-state index contributed by atoms with van der Waals surface area (Å²) < 4.78 is 5.16. The van der Waals surface area contributed by atoms with E-state index < -0.39 is 0 Å². The average Bonchev–Trinajstić information content (AvgIpc) is 2.71. The van der Waals surface area contributed by atoms with E-state index in [9.17, 15) is 4.79 Å². The van der Waals surface area contributed by atoms with E-state index in [2.05, 4.69) is 20.6 Å². The largest absolute Gasteiger partial charge is 0.497 e. The molecule has 0 saturated heterocycles. The molecule has 0 aliphatic carbocycles. The van der Waals surface area contributed by atoms with Gasteiger partial charge in [-0.2, -0.15) is 0 Å². The summed E-state index contributed by atoms with van der Waals surface area (Å²) in [5, 5.41) is 6.75. The van der Waals surface area contributed by atoms with Crippen molar-refractivity contribution in [1.29, 1.82) is 0 Å². The number of halogens is 1. The van der Waals surface area contributed by atoms with E-state index in [1.165, 1.54) is 0 Å². The van der Waals surface area contributed by atoms with Crippen LogP contribution in [0.4, 0.5) is 5.82 Å². The zero-order valence-corrected chi connectivity index (χ0v) is 16.5. The Morgan fingerprint density at radius 3 is 2.32 bits per heavy atom. The number of aryl methyl sites for hydroxylation is 1. The maximum absolute atomic E-state index is 12.5. The molecule has 0 saturated carbocycles. The van der Waals surface area contributed by atoms with Crippen molar-refractivity contribution in [1.82, 2.24) is 15.3 Å². The molecule has 144 valence electrons. The number of aromatic nitrogens is 2. The summed E-state index contributed by atoms with van der Waals surface area (Å²) in [4.78, 5) is 21.1. The molecule has 0 aliphatic heterocycles. The number of hydrogen-bond acceptors (Lipinski definition) is 5. The van der Waals surface area contributed by atoms with Crippen molar-refractivity contribution in [3.63, 3.8) is 0 Å². The SMILES string of the molecule is COc1ccc(CNc2cc(C(=O)NCc3ccc(Cl)cc3)nc(C)n2)cc1. The molecule has 0 spiro atoms. The van der Waals surface area contributed by atoms with Gasteiger partial charge in [0.25, 0.3) is 5.91 Å². The Hall–Kier alpha value is -3.12. The summed E-state index contributed by atoms with van der Waals surface area (Å²) in [5.74, 6) is 1.67. The first-order valence-electron chi connectivity index (χ1n) is 8.78. The molecule has 3 rings (SSSR count). The van der Waals surface area contributed by atoms with Crippen molar-refractivity contribution in [3.8, 4) is 5.75 Å². The van der Waals surface area contributed by atoms with Crippen LogP contribution in [0.3, 0.4) is 0 Å². The number of rotatable bonds is 7. The molecule has 0 radical (unpaired) electrons. The first-order chi connectivity index (χ1) is 13.5. The lowest BCUT2D eigenvalue weighted by atomic mass is 10.2. The lowest BCUT2D eigenvalue weighted by Gasteiger charge is -2.10. The van der Waals surface area contributed by atoms with Gasteiger partial charge in [0.15, 0.2) is 0 Å². The van der Waals surface area contributed by atoms with Crippen LogP contribution >= 0.6 is 11.6 Å². The second-order valence-electron chi connectivity index (χ2n) is 6.20. The molecular formula is C21H21ClN4O2. The fraction of sp³-hybridized carbons (Fsp3) is 0.190. The molecule has 0 unspecified atom stereocenters. The highest BCUT2D eigenvalue weighted by molar-refractivity contribution is 6.30. The van der Waals surface area contributed by atoms with Gasteiger partial charge < -0.3 is 15.4 Å². The minimum absolute atomic E-state index is 0.257. The van der Waals surface area contributed by atoms with Gasteiger partial charge in [0, 0.05) is 24.2 Å². The van der Waals surface area contributed by atoms with Crippen LogP contribution in [-0.4, -0.2) is 23.0 Å². The van der Waals surface area contributed by atoms with Gasteiger partial charge in [-0.1, -0.05) is 35.9 Å². The van der Waals surface area contributed by atoms with E-state index in [-0.39, 0.29) is 5.91 Å². The van der Waals surface area contributed by atoms with Crippen LogP contribution in [0.25, 0.3) is 0 Å². The molecule has 2 aromatic carbocycles. The third kappa shape index (κ3) is 5.44. The third-order valence-corrected chi connectivity index (χ3v) is 4.32. The predicted octanol–water partition coefficient (Wildman–Crippen LogP) is 3.99. The van der Waals surface area contributed by atoms with E-state index in [0.717, 1.165) is 16.9 Å². The number of nitrogens with one attached hydrogen (secondary N) is 2. The van der Waals surface area contributed by atoms with Crippen molar-refractivity contribution >= 4 is 23.3 Å². The number of hydrogen-bond donors (Lipinski definition) is 2. The minimum Gasteiger partial charge on any atom is -0.497 e. The Morgan fingerprint density at radius 1 is 1.00 bits per heavy atom. The van der Waals surface area contributed by atoms with Crippen molar-refractivity contribution in [3.05, 3.63) is 82.3 Å². The molecule has 2 N–H and O–H groups in total. The second kappa shape index (κ2) is 9.19. The molecule has 1 aromatic heterocycles. The average molecular weight is 397 g/mol. The summed E-state index contributed by atoms with van der Waals surface area (Å²) in [6, 6.07) is 16.7. The topological polar surface area (TPSA) is 76.1 Å². The zero-order valence-electron chi connectivity index (χ0n) is 15.7. The fourth-order valence-electron chi connectivity index (χ4n) is 2.59. The second-order valence-corrected chi connectivity index (χ2v) is 6.63. The standard InChI is InChI=1S/C21H21ClN4O2/c1-14-25-19(21(27)24-13-15-3-7-17(22)8-4-15)11-20(26-14)23-12-16-5-9-18(28-2)10-6-16/h3-11H,12-13H2,1-2H3,(H,24,27)(H,23,25,26). The summed E-state index contributed by atoms with van der Waals surface area (Å²) in [6.45, 7) is 2.73. The van der Waals surface area contributed by atoms with E-state index in [1.807, 2.05) is 36.4 Å². The lowest BCUT2D eigenvalue weighted by molar-refractivity contribution is 0.0945. The van der Waals surface area contributed by atoms with Crippen LogP contribution in [0.2, 0.25) is 5.02 Å². The molecule has 28 heavy (non-hydrogen) atoms. The van der Waals surface area contributed by atoms with Gasteiger partial charge >= 0.3 is 0 Å². The number of ether oxygens (including phenoxy) is 1. The smallest absolute Gasteiger partial charge is 0.270 e. The number of amides is 1. The highest BCUT2D eigenvalue weighted by Gasteiger charge is 2.10. The number of carbonyl (C=O) groups is 1. The molecule has 0 fully saturated rings. The number of methoxy groups -OCH3 is 1. The molecule has 3 aromatic rings. The van der Waals surface area contributed by atoms with Crippen molar-refractivity contribution < 1.29 is 9.53 Å². The van der Waals surface area contributed by atoms with Gasteiger partial charge in [-0.25, -0.2) is 9.97 Å². The first kappa shape index (κ1) is 19.6. The Labute approximate surface area is 168 Å². The predicted molar refractivity (Wildman–Crippen MR) is 110 cm³/mol. The first-order valence-corrected chi connectivity index (χ1v) is 9.16. The van der Waals surface area contributed by atoms with E-state index >= 15 is 0 Å². The maximum Gasteiger partial charge on any atom is 0.270 e. The van der Waals surface area contributed by atoms with Crippen LogP contribution in [0.1, 0.15) is 27.4 Å². The number of anilines is 1. The monoisotopic (exact) mass is 396 g/mol. The Kier molecular flexibility index (Phi) is 6.45. The highest BCUT2D eigenvalue weighted by Crippen LogP contribution is 2.14. The molecule has 1 heterocycles. The van der Waals surface area contributed by atoms with E-state index in [1.54, 1.807) is 32.2 Å². The fourth-order valence-corrected chi connectivity index (χ4v) is 2.71. The third-order valence-electron chi connectivity index (χ3n) is 4.07. The molecule has 6 nitrogen and oxygen atoms in total. The van der Waals surface area contributed by atoms with Gasteiger partial charge in [0.2, 0.25) is 0 Å². The van der Waals surface area contributed by atoms with E-state index in [0.29, 0.717) is 35.4 Å². The van der Waals surface area contributed by atoms with Gasteiger partial charge in [-0.15, -0.1) is 0 Å². The Balaban J connectivity index is 1.62. The van der Waals surface area contributed by atoms with Crippen LogP contribution in [0.15, 0.2) is 54.6 Å². The zero-order chi connectivity index (χ0) is 19.9. The van der Waals surface area contributed by atoms with Crippen molar-refractivity contribution in [2.75, 3.05) is 12.4 Å². The number of nitrogens with zero attached hydrogens (tertiary/aromatic N) is 2. The Morgan fingerprint density at radius 2 is 1.64 bits per heavy atom. The lowest BCUT2D eigenvalue weighted by Crippen LogP contribution is -2.24. The van der Waals surface area contributed by atoms with Crippen LogP contribution in [-0.2, 0) is 13.1 Å². The quantitative estimate of drug-likeness (QED) is 0.631. The number of benzene rings is 2. The van der Waals surface area contributed by atoms with Gasteiger partial charge in [-0.3, -0.25) is 4.79 Å². The molecule has 7 heteroatoms. The van der Waals surface area contributed by atoms with Crippen molar-refractivity contribution in [2.24, 2.45) is 0 Å². The van der Waals surface area contributed by atoms with E-state index in [4.69, 9.17) is 16.3 Å². The van der Waals surface area contributed by atoms with Gasteiger partial charge in [0.05, 0.1) is 7.11 Å². The minimum atomic E-state index is -0.257. The summed E-state index contributed by atoms with van der Waals surface area (Å²) >= 11 is 5.88. The normalized spacial score (nSPS) is 10.4. The van der Waals surface area contributed by atoms with Crippen LogP contribution in [0.5, 0.6) is 5.75 Å². The molecule has 0 atom stereocenters. The maximum atomic E-state index is 12.5. The number of carbonyl (C=O) groups excluding carboxylic acids is 1. The molecular weight excluding hydrogens is 376 g/mol. The van der Waals surface area contributed by atoms with Gasteiger partial charge in [-0.05, 0) is 42.3 Å². The molecule has 1 amide bonds. The molecule has 0 bridgehead atoms. The van der Waals surface area contributed by atoms with Crippen LogP contribution < -0.4 is 15.4 Å². The summed E-state index contributed by atoms with van der Waals surface area (Å²) in [6.07, 6.45) is 0. The Bertz CT molecular complexity index is 944. The van der Waals surface area contributed by atoms with Crippen LogP contribution in [0, 0.1) is 6.92 Å². The molecule has 0 aliphatic rings.